The van der Waals surface area contributed by atoms with Crippen molar-refractivity contribution >= 4 is 6.29 Å². The molecule has 23 heavy (non-hydrogen) atoms. The van der Waals surface area contributed by atoms with Gasteiger partial charge in [0.25, 0.3) is 0 Å². The number of ether oxygens (including phenoxy) is 1. The van der Waals surface area contributed by atoms with Crippen LogP contribution in [0.5, 0.6) is 11.5 Å². The molecule has 2 rings (SSSR count). The van der Waals surface area contributed by atoms with Gasteiger partial charge in [-0.3, -0.25) is 4.79 Å². The summed E-state index contributed by atoms with van der Waals surface area (Å²) in [7, 11) is 0. The Balaban J connectivity index is 2.10. The van der Waals surface area contributed by atoms with Crippen LogP contribution in [0.3, 0.4) is 0 Å². The summed E-state index contributed by atoms with van der Waals surface area (Å²) in [5, 5.41) is 0. The van der Waals surface area contributed by atoms with Crippen molar-refractivity contribution in [2.45, 2.75) is 46.5 Å². The zero-order valence-corrected chi connectivity index (χ0v) is 14.7. The fraction of sp³-hybridized carbons (Fsp3) is 0.381. The molecule has 0 atom stereocenters. The Hall–Kier alpha value is -2.09. The smallest absolute Gasteiger partial charge is 0.150 e. The van der Waals surface area contributed by atoms with E-state index in [1.165, 1.54) is 5.56 Å². The molecule has 0 aliphatic carbocycles. The third-order valence-electron chi connectivity index (χ3n) is 3.86. The van der Waals surface area contributed by atoms with E-state index in [0.29, 0.717) is 11.0 Å². The topological polar surface area (TPSA) is 26.3 Å². The minimum atomic E-state index is 0.127. The summed E-state index contributed by atoms with van der Waals surface area (Å²) in [5.41, 5.74) is 2.38. The Morgan fingerprint density at radius 3 is 1.74 bits per heavy atom. The fourth-order valence-electron chi connectivity index (χ4n) is 3.15. The van der Waals surface area contributed by atoms with Gasteiger partial charge in [-0.15, -0.1) is 0 Å². The molecule has 122 valence electrons. The van der Waals surface area contributed by atoms with E-state index >= 15 is 0 Å². The highest BCUT2D eigenvalue weighted by Crippen LogP contribution is 2.37. The normalized spacial score (nSPS) is 12.0. The molecule has 0 aromatic heterocycles. The maximum Gasteiger partial charge on any atom is 0.150 e. The van der Waals surface area contributed by atoms with Crippen LogP contribution in [0.25, 0.3) is 0 Å². The predicted molar refractivity (Wildman–Crippen MR) is 95.4 cm³/mol. The van der Waals surface area contributed by atoms with Crippen LogP contribution in [-0.2, 0) is 5.41 Å². The van der Waals surface area contributed by atoms with E-state index in [0.717, 1.165) is 24.2 Å². The minimum absolute atomic E-state index is 0.127. The maximum absolute atomic E-state index is 10.7. The molecule has 0 radical (unpaired) electrons. The van der Waals surface area contributed by atoms with Crippen molar-refractivity contribution in [1.29, 1.82) is 0 Å². The van der Waals surface area contributed by atoms with Crippen LogP contribution in [0.2, 0.25) is 0 Å². The lowest BCUT2D eigenvalue weighted by Gasteiger charge is -2.33. The van der Waals surface area contributed by atoms with E-state index in [2.05, 4.69) is 46.8 Å². The van der Waals surface area contributed by atoms with Crippen molar-refractivity contribution < 1.29 is 9.53 Å². The molecule has 0 saturated carbocycles. The molecular formula is C21H26O2. The van der Waals surface area contributed by atoms with Gasteiger partial charge in [-0.05, 0) is 59.2 Å². The predicted octanol–water partition coefficient (Wildman–Crippen LogP) is 6.01. The number of aldehydes is 1. The molecule has 0 amide bonds. The minimum Gasteiger partial charge on any atom is -0.457 e. The van der Waals surface area contributed by atoms with Crippen LogP contribution in [0.15, 0.2) is 48.5 Å². The monoisotopic (exact) mass is 310 g/mol. The number of rotatable bonds is 5. The molecular weight excluding hydrogens is 284 g/mol. The van der Waals surface area contributed by atoms with Crippen molar-refractivity contribution in [2.24, 2.45) is 5.41 Å². The van der Waals surface area contributed by atoms with Crippen molar-refractivity contribution in [3.05, 3.63) is 59.7 Å². The largest absolute Gasteiger partial charge is 0.457 e. The van der Waals surface area contributed by atoms with Crippen molar-refractivity contribution in [3.63, 3.8) is 0 Å². The van der Waals surface area contributed by atoms with Crippen molar-refractivity contribution in [3.8, 4) is 11.5 Å². The number of carbonyl (C=O) groups excluding carboxylic acids is 1. The molecule has 2 aromatic rings. The van der Waals surface area contributed by atoms with E-state index < -0.39 is 0 Å². The van der Waals surface area contributed by atoms with E-state index in [9.17, 15) is 4.79 Å². The molecule has 0 saturated heterocycles. The lowest BCUT2D eigenvalue weighted by Crippen LogP contribution is -2.24. The first-order chi connectivity index (χ1) is 10.7. The summed E-state index contributed by atoms with van der Waals surface area (Å²) in [6.45, 7) is 11.4. The highest BCUT2D eigenvalue weighted by molar-refractivity contribution is 5.74. The standard InChI is InChI=1S/C21H26O2/c1-20(2,3)15-21(4,5)17-8-12-19(13-9-17)23-18-10-6-16(14-22)7-11-18/h6-14H,15H2,1-5H3. The molecule has 0 unspecified atom stereocenters. The summed E-state index contributed by atoms with van der Waals surface area (Å²) in [5.74, 6) is 1.54. The Labute approximate surface area is 139 Å². The van der Waals surface area contributed by atoms with E-state index in [-0.39, 0.29) is 5.41 Å². The third kappa shape index (κ3) is 4.95. The van der Waals surface area contributed by atoms with Crippen LogP contribution < -0.4 is 4.74 Å². The molecule has 0 aliphatic heterocycles. The summed E-state index contributed by atoms with van der Waals surface area (Å²) in [6.07, 6.45) is 1.95. The molecule has 0 fully saturated rings. The number of carbonyl (C=O) groups is 1. The van der Waals surface area contributed by atoms with Crippen molar-refractivity contribution in [2.75, 3.05) is 0 Å². The first-order valence-electron chi connectivity index (χ1n) is 8.03. The van der Waals surface area contributed by atoms with Gasteiger partial charge in [0.2, 0.25) is 0 Å². The van der Waals surface area contributed by atoms with Crippen LogP contribution in [0, 0.1) is 5.41 Å². The molecule has 2 heteroatoms. The SMILES string of the molecule is CC(C)(C)CC(C)(C)c1ccc(Oc2ccc(C=O)cc2)cc1. The van der Waals surface area contributed by atoms with Gasteiger partial charge < -0.3 is 4.74 Å². The van der Waals surface area contributed by atoms with Gasteiger partial charge in [-0.25, -0.2) is 0 Å². The second-order valence-electron chi connectivity index (χ2n) is 7.93. The zero-order chi connectivity index (χ0) is 17.1. The molecule has 2 nitrogen and oxygen atoms in total. The highest BCUT2D eigenvalue weighted by atomic mass is 16.5. The summed E-state index contributed by atoms with van der Waals surface area (Å²) in [6, 6.07) is 15.4. The lowest BCUT2D eigenvalue weighted by molar-refractivity contribution is 0.112. The summed E-state index contributed by atoms with van der Waals surface area (Å²) >= 11 is 0. The average molecular weight is 310 g/mol. The number of hydrogen-bond donors (Lipinski definition) is 0. The fourth-order valence-corrected chi connectivity index (χ4v) is 3.15. The molecule has 0 spiro atoms. The molecule has 2 aromatic carbocycles. The Morgan fingerprint density at radius 1 is 0.826 bits per heavy atom. The average Bonchev–Trinajstić information content (AvgIpc) is 2.46. The lowest BCUT2D eigenvalue weighted by atomic mass is 9.72. The van der Waals surface area contributed by atoms with Gasteiger partial charge in [-0.2, -0.15) is 0 Å². The summed E-state index contributed by atoms with van der Waals surface area (Å²) < 4.78 is 5.83. The molecule has 0 heterocycles. The van der Waals surface area contributed by atoms with Gasteiger partial charge in [0.05, 0.1) is 0 Å². The number of benzene rings is 2. The van der Waals surface area contributed by atoms with Gasteiger partial charge in [-0.1, -0.05) is 46.8 Å². The van der Waals surface area contributed by atoms with Gasteiger partial charge in [0.15, 0.2) is 0 Å². The zero-order valence-electron chi connectivity index (χ0n) is 14.7. The van der Waals surface area contributed by atoms with Crippen LogP contribution in [0.1, 0.15) is 57.0 Å². The Morgan fingerprint density at radius 2 is 1.30 bits per heavy atom. The van der Waals surface area contributed by atoms with E-state index in [4.69, 9.17) is 4.74 Å². The Kier molecular flexibility index (Phi) is 4.93. The molecule has 0 bridgehead atoms. The third-order valence-corrected chi connectivity index (χ3v) is 3.86. The highest BCUT2D eigenvalue weighted by Gasteiger charge is 2.27. The van der Waals surface area contributed by atoms with E-state index in [1.807, 2.05) is 12.1 Å². The Bertz CT molecular complexity index is 644. The molecule has 0 aliphatic rings. The maximum atomic E-state index is 10.7. The second kappa shape index (κ2) is 6.57. The van der Waals surface area contributed by atoms with Crippen molar-refractivity contribution in [1.82, 2.24) is 0 Å². The number of hydrogen-bond acceptors (Lipinski definition) is 2. The van der Waals surface area contributed by atoms with Crippen LogP contribution >= 0.6 is 0 Å². The first-order valence-corrected chi connectivity index (χ1v) is 8.03. The van der Waals surface area contributed by atoms with Gasteiger partial charge in [0.1, 0.15) is 17.8 Å². The second-order valence-corrected chi connectivity index (χ2v) is 7.93. The van der Waals surface area contributed by atoms with Gasteiger partial charge in [0, 0.05) is 5.56 Å². The van der Waals surface area contributed by atoms with E-state index in [1.54, 1.807) is 24.3 Å². The summed E-state index contributed by atoms with van der Waals surface area (Å²) in [4.78, 5) is 10.7. The molecule has 0 N–H and O–H groups in total. The van der Waals surface area contributed by atoms with Gasteiger partial charge >= 0.3 is 0 Å². The quantitative estimate of drug-likeness (QED) is 0.633. The van der Waals surface area contributed by atoms with Crippen LogP contribution in [0.4, 0.5) is 0 Å². The van der Waals surface area contributed by atoms with Crippen LogP contribution in [-0.4, -0.2) is 6.29 Å². The first kappa shape index (κ1) is 17.3.